The van der Waals surface area contributed by atoms with E-state index in [4.69, 9.17) is 10.5 Å². The summed E-state index contributed by atoms with van der Waals surface area (Å²) in [6, 6.07) is 5.80. The molecule has 0 radical (unpaired) electrons. The van der Waals surface area contributed by atoms with Gasteiger partial charge in [0.1, 0.15) is 5.75 Å². The minimum absolute atomic E-state index is 0.281. The monoisotopic (exact) mass is 227 g/mol. The van der Waals surface area contributed by atoms with E-state index >= 15 is 0 Å². The highest BCUT2D eigenvalue weighted by molar-refractivity contribution is 5.47. The number of ether oxygens (including phenoxy) is 1. The average Bonchev–Trinajstić information content (AvgIpc) is 2.87. The lowest BCUT2D eigenvalue weighted by Gasteiger charge is -2.14. The van der Waals surface area contributed by atoms with Gasteiger partial charge in [-0.3, -0.25) is 9.97 Å². The molecule has 4 nitrogen and oxygen atoms in total. The highest BCUT2D eigenvalue weighted by Gasteiger charge is 2.21. The number of benzene rings is 1. The number of fused-ring (bicyclic) bond motifs is 1. The van der Waals surface area contributed by atoms with E-state index in [9.17, 15) is 0 Å². The molecule has 0 amide bonds. The van der Waals surface area contributed by atoms with Crippen molar-refractivity contribution in [1.82, 2.24) is 9.97 Å². The second-order valence-electron chi connectivity index (χ2n) is 4.04. The van der Waals surface area contributed by atoms with Crippen LogP contribution in [-0.2, 0) is 6.42 Å². The molecule has 1 aliphatic rings. The van der Waals surface area contributed by atoms with E-state index in [-0.39, 0.29) is 6.04 Å². The molecule has 0 spiro atoms. The highest BCUT2D eigenvalue weighted by Crippen LogP contribution is 2.34. The second-order valence-corrected chi connectivity index (χ2v) is 4.04. The van der Waals surface area contributed by atoms with Gasteiger partial charge in [-0.05, 0) is 5.56 Å². The van der Waals surface area contributed by atoms with E-state index in [0.29, 0.717) is 0 Å². The number of para-hydroxylation sites is 1. The van der Waals surface area contributed by atoms with Crippen LogP contribution in [0.3, 0.4) is 0 Å². The Hall–Kier alpha value is -1.94. The van der Waals surface area contributed by atoms with E-state index in [1.54, 1.807) is 18.6 Å². The Labute approximate surface area is 99.5 Å². The van der Waals surface area contributed by atoms with Crippen LogP contribution < -0.4 is 10.5 Å². The minimum atomic E-state index is -0.281. The Bertz CT molecular complexity index is 527. The van der Waals surface area contributed by atoms with Gasteiger partial charge in [-0.2, -0.15) is 0 Å². The van der Waals surface area contributed by atoms with E-state index in [0.717, 1.165) is 30.0 Å². The van der Waals surface area contributed by atoms with Gasteiger partial charge in [0.15, 0.2) is 0 Å². The molecular weight excluding hydrogens is 214 g/mol. The molecular formula is C13H13N3O. The third-order valence-corrected chi connectivity index (χ3v) is 2.98. The summed E-state index contributed by atoms with van der Waals surface area (Å²) in [6.45, 7) is 0.736. The number of nitrogens with two attached hydrogens (primary N) is 1. The van der Waals surface area contributed by atoms with Crippen molar-refractivity contribution in [1.29, 1.82) is 0 Å². The van der Waals surface area contributed by atoms with E-state index < -0.39 is 0 Å². The molecule has 86 valence electrons. The molecule has 2 N–H and O–H groups in total. The first kappa shape index (κ1) is 10.2. The summed E-state index contributed by atoms with van der Waals surface area (Å²) in [4.78, 5) is 8.28. The summed E-state index contributed by atoms with van der Waals surface area (Å²) in [6.07, 6.45) is 5.94. The molecule has 1 aliphatic heterocycles. The fourth-order valence-corrected chi connectivity index (χ4v) is 2.12. The summed E-state index contributed by atoms with van der Waals surface area (Å²) in [5.74, 6) is 0.922. The fourth-order valence-electron chi connectivity index (χ4n) is 2.12. The molecule has 1 aromatic heterocycles. The van der Waals surface area contributed by atoms with Crippen molar-refractivity contribution in [3.8, 4) is 5.75 Å². The normalized spacial score (nSPS) is 15.1. The average molecular weight is 227 g/mol. The molecule has 2 heterocycles. The largest absolute Gasteiger partial charge is 0.493 e. The lowest BCUT2D eigenvalue weighted by atomic mass is 10.0. The summed E-state index contributed by atoms with van der Waals surface area (Å²) in [5.41, 5.74) is 9.18. The predicted octanol–water partition coefficient (Wildman–Crippen LogP) is 1.46. The Morgan fingerprint density at radius 1 is 1.29 bits per heavy atom. The maximum absolute atomic E-state index is 6.21. The summed E-state index contributed by atoms with van der Waals surface area (Å²) in [7, 11) is 0. The van der Waals surface area contributed by atoms with E-state index in [1.165, 1.54) is 5.56 Å². The number of rotatable bonds is 2. The van der Waals surface area contributed by atoms with Crippen molar-refractivity contribution < 1.29 is 4.74 Å². The first-order chi connectivity index (χ1) is 8.36. The van der Waals surface area contributed by atoms with Crippen molar-refractivity contribution >= 4 is 0 Å². The smallest absolute Gasteiger partial charge is 0.127 e. The van der Waals surface area contributed by atoms with Gasteiger partial charge < -0.3 is 10.5 Å². The Morgan fingerprint density at radius 2 is 2.24 bits per heavy atom. The topological polar surface area (TPSA) is 61.0 Å². The first-order valence-electron chi connectivity index (χ1n) is 5.62. The van der Waals surface area contributed by atoms with Gasteiger partial charge in [0, 0.05) is 24.4 Å². The minimum Gasteiger partial charge on any atom is -0.493 e. The lowest BCUT2D eigenvalue weighted by molar-refractivity contribution is 0.352. The van der Waals surface area contributed by atoms with Crippen LogP contribution in [0.5, 0.6) is 5.75 Å². The van der Waals surface area contributed by atoms with Crippen LogP contribution in [0.25, 0.3) is 0 Å². The van der Waals surface area contributed by atoms with Crippen LogP contribution in [0.15, 0.2) is 36.8 Å². The van der Waals surface area contributed by atoms with Gasteiger partial charge in [0.25, 0.3) is 0 Å². The summed E-state index contributed by atoms with van der Waals surface area (Å²) < 4.78 is 5.64. The van der Waals surface area contributed by atoms with Crippen LogP contribution in [0, 0.1) is 0 Å². The molecule has 0 saturated carbocycles. The van der Waals surface area contributed by atoms with Gasteiger partial charge in [-0.15, -0.1) is 0 Å². The number of nitrogens with zero attached hydrogens (tertiary/aromatic N) is 2. The second kappa shape index (κ2) is 4.14. The quantitative estimate of drug-likeness (QED) is 0.843. The Morgan fingerprint density at radius 3 is 3.06 bits per heavy atom. The third-order valence-electron chi connectivity index (χ3n) is 2.98. The van der Waals surface area contributed by atoms with Gasteiger partial charge >= 0.3 is 0 Å². The van der Waals surface area contributed by atoms with Crippen LogP contribution in [-0.4, -0.2) is 16.6 Å². The van der Waals surface area contributed by atoms with Crippen LogP contribution in [0.4, 0.5) is 0 Å². The number of hydrogen-bond donors (Lipinski definition) is 1. The van der Waals surface area contributed by atoms with Crippen LogP contribution in [0.1, 0.15) is 22.9 Å². The maximum atomic E-state index is 6.21. The maximum Gasteiger partial charge on any atom is 0.127 e. The molecule has 17 heavy (non-hydrogen) atoms. The molecule has 1 aromatic carbocycles. The molecule has 2 aromatic rings. The molecule has 4 heteroatoms. The molecule has 0 bridgehead atoms. The van der Waals surface area contributed by atoms with Crippen molar-refractivity contribution in [2.75, 3.05) is 6.61 Å². The predicted molar refractivity (Wildman–Crippen MR) is 63.7 cm³/mol. The number of aromatic nitrogens is 2. The van der Waals surface area contributed by atoms with Gasteiger partial charge in [0.05, 0.1) is 24.5 Å². The van der Waals surface area contributed by atoms with Crippen molar-refractivity contribution in [3.63, 3.8) is 0 Å². The van der Waals surface area contributed by atoms with Gasteiger partial charge in [-0.25, -0.2) is 0 Å². The third kappa shape index (κ3) is 1.76. The zero-order chi connectivity index (χ0) is 11.7. The van der Waals surface area contributed by atoms with Crippen molar-refractivity contribution in [3.05, 3.63) is 53.6 Å². The lowest BCUT2D eigenvalue weighted by Crippen LogP contribution is -2.14. The summed E-state index contributed by atoms with van der Waals surface area (Å²) >= 11 is 0. The Balaban J connectivity index is 2.03. The highest BCUT2D eigenvalue weighted by atomic mass is 16.5. The van der Waals surface area contributed by atoms with E-state index in [1.807, 2.05) is 12.1 Å². The zero-order valence-electron chi connectivity index (χ0n) is 9.34. The molecule has 3 rings (SSSR count). The Kier molecular flexibility index (Phi) is 2.49. The first-order valence-corrected chi connectivity index (χ1v) is 5.62. The summed E-state index contributed by atoms with van der Waals surface area (Å²) in [5, 5.41) is 0. The van der Waals surface area contributed by atoms with Gasteiger partial charge in [-0.1, -0.05) is 18.2 Å². The zero-order valence-corrected chi connectivity index (χ0v) is 9.34. The fraction of sp³-hybridized carbons (Fsp3) is 0.231. The molecule has 0 saturated heterocycles. The molecule has 0 aliphatic carbocycles. The van der Waals surface area contributed by atoms with Crippen molar-refractivity contribution in [2.45, 2.75) is 12.5 Å². The van der Waals surface area contributed by atoms with Gasteiger partial charge in [0.2, 0.25) is 0 Å². The van der Waals surface area contributed by atoms with Crippen LogP contribution >= 0.6 is 0 Å². The van der Waals surface area contributed by atoms with Crippen molar-refractivity contribution in [2.24, 2.45) is 5.73 Å². The standard InChI is InChI=1S/C13H13N3O/c14-12(11-8-15-5-6-16-11)10-3-1-2-9-4-7-17-13(9)10/h1-3,5-6,8,12H,4,7,14H2. The SMILES string of the molecule is NC(c1cnccn1)c1cccc2c1OCC2. The molecule has 1 unspecified atom stereocenters. The molecule has 0 fully saturated rings. The van der Waals surface area contributed by atoms with Crippen LogP contribution in [0.2, 0.25) is 0 Å². The number of hydrogen-bond acceptors (Lipinski definition) is 4. The molecule has 1 atom stereocenters. The van der Waals surface area contributed by atoms with E-state index in [2.05, 4.69) is 16.0 Å².